The number of sulfonamides is 1. The first-order valence-electron chi connectivity index (χ1n) is 6.04. The van der Waals surface area contributed by atoms with Crippen LogP contribution in [0.4, 0.5) is 0 Å². The van der Waals surface area contributed by atoms with Crippen molar-refractivity contribution in [2.45, 2.75) is 25.3 Å². The van der Waals surface area contributed by atoms with E-state index < -0.39 is 16.0 Å². The van der Waals surface area contributed by atoms with Gasteiger partial charge in [0.1, 0.15) is 0 Å². The highest BCUT2D eigenvalue weighted by Gasteiger charge is 2.17. The third-order valence-corrected chi connectivity index (χ3v) is 5.08. The summed E-state index contributed by atoms with van der Waals surface area (Å²) in [6, 6.07) is 4.02. The number of carboxylic acids is 1. The molecule has 2 N–H and O–H groups in total. The molecule has 6 nitrogen and oxygen atoms in total. The number of rotatable bonds is 5. The molecule has 0 saturated carbocycles. The van der Waals surface area contributed by atoms with Crippen molar-refractivity contribution < 1.29 is 18.3 Å². The minimum Gasteiger partial charge on any atom is -0.478 e. The number of carbonyl (C=O) groups is 1. The third kappa shape index (κ3) is 3.66. The Hall–Kier alpha value is -1.77. The molecule has 1 aromatic heterocycles. The largest absolute Gasteiger partial charge is 0.478 e. The van der Waals surface area contributed by atoms with Gasteiger partial charge in [0.2, 0.25) is 10.0 Å². The highest BCUT2D eigenvalue weighted by Crippen LogP contribution is 2.16. The standard InChI is InChI=1S/C13H14N2O4S2/c1-8-3-4-11(5-12(8)13(16)17)21(18,19)14-6-10-7-20-9(2)15-10/h3-5,7,14H,6H2,1-2H3,(H,16,17). The third-order valence-electron chi connectivity index (χ3n) is 2.86. The van der Waals surface area contributed by atoms with Gasteiger partial charge in [-0.3, -0.25) is 0 Å². The van der Waals surface area contributed by atoms with E-state index in [2.05, 4.69) is 9.71 Å². The molecule has 0 amide bonds. The van der Waals surface area contributed by atoms with Crippen molar-refractivity contribution in [3.8, 4) is 0 Å². The lowest BCUT2D eigenvalue weighted by atomic mass is 10.1. The number of nitrogens with one attached hydrogen (secondary N) is 1. The summed E-state index contributed by atoms with van der Waals surface area (Å²) >= 11 is 1.44. The van der Waals surface area contributed by atoms with Gasteiger partial charge >= 0.3 is 5.97 Å². The average molecular weight is 326 g/mol. The monoisotopic (exact) mass is 326 g/mol. The first-order chi connectivity index (χ1) is 9.79. The lowest BCUT2D eigenvalue weighted by Crippen LogP contribution is -2.23. The topological polar surface area (TPSA) is 96.4 Å². The summed E-state index contributed by atoms with van der Waals surface area (Å²) in [5.41, 5.74) is 1.12. The summed E-state index contributed by atoms with van der Waals surface area (Å²) in [4.78, 5) is 15.2. The molecule has 0 spiro atoms. The van der Waals surface area contributed by atoms with E-state index in [0.717, 1.165) is 11.1 Å². The Labute approximate surface area is 126 Å². The summed E-state index contributed by atoms with van der Waals surface area (Å²) in [5, 5.41) is 11.7. The highest BCUT2D eigenvalue weighted by atomic mass is 32.2. The number of carboxylic acid groups (broad SMARTS) is 1. The number of aromatic carboxylic acids is 1. The number of hydrogen-bond donors (Lipinski definition) is 2. The number of aromatic nitrogens is 1. The maximum Gasteiger partial charge on any atom is 0.335 e. The van der Waals surface area contributed by atoms with E-state index >= 15 is 0 Å². The van der Waals surface area contributed by atoms with Crippen LogP contribution in [0.3, 0.4) is 0 Å². The van der Waals surface area contributed by atoms with Crippen LogP contribution >= 0.6 is 11.3 Å². The van der Waals surface area contributed by atoms with Gasteiger partial charge in [0.15, 0.2) is 0 Å². The second-order valence-corrected chi connectivity index (χ2v) is 7.29. The molecular formula is C13H14N2O4S2. The van der Waals surface area contributed by atoms with Crippen molar-refractivity contribution in [1.82, 2.24) is 9.71 Å². The van der Waals surface area contributed by atoms with Crippen LogP contribution in [0, 0.1) is 13.8 Å². The molecule has 0 fully saturated rings. The van der Waals surface area contributed by atoms with Gasteiger partial charge in [-0.1, -0.05) is 6.07 Å². The van der Waals surface area contributed by atoms with E-state index in [0.29, 0.717) is 11.3 Å². The Morgan fingerprint density at radius 3 is 2.67 bits per heavy atom. The van der Waals surface area contributed by atoms with E-state index in [-0.39, 0.29) is 17.0 Å². The molecule has 2 aromatic rings. The molecule has 0 aliphatic rings. The summed E-state index contributed by atoms with van der Waals surface area (Å²) < 4.78 is 26.8. The number of aryl methyl sites for hydroxylation is 2. The summed E-state index contributed by atoms with van der Waals surface area (Å²) in [6.45, 7) is 3.52. The lowest BCUT2D eigenvalue weighted by Gasteiger charge is -2.08. The van der Waals surface area contributed by atoms with Gasteiger partial charge in [-0.05, 0) is 31.5 Å². The quantitative estimate of drug-likeness (QED) is 0.875. The van der Waals surface area contributed by atoms with Gasteiger partial charge in [0, 0.05) is 5.38 Å². The maximum absolute atomic E-state index is 12.2. The van der Waals surface area contributed by atoms with E-state index in [9.17, 15) is 13.2 Å². The van der Waals surface area contributed by atoms with Crippen molar-refractivity contribution in [2.24, 2.45) is 0 Å². The van der Waals surface area contributed by atoms with Crippen molar-refractivity contribution in [3.63, 3.8) is 0 Å². The van der Waals surface area contributed by atoms with Crippen molar-refractivity contribution >= 4 is 27.3 Å². The van der Waals surface area contributed by atoms with E-state index in [1.54, 1.807) is 12.3 Å². The Bertz CT molecular complexity index is 781. The summed E-state index contributed by atoms with van der Waals surface area (Å²) in [5.74, 6) is -1.15. The van der Waals surface area contributed by atoms with E-state index in [4.69, 9.17) is 5.11 Å². The van der Waals surface area contributed by atoms with Gasteiger partial charge in [-0.2, -0.15) is 0 Å². The SMILES string of the molecule is Cc1nc(CNS(=O)(=O)c2ccc(C)c(C(=O)O)c2)cs1. The fraction of sp³-hybridized carbons (Fsp3) is 0.231. The molecule has 0 aliphatic carbocycles. The Kier molecular flexibility index (Phi) is 4.40. The maximum atomic E-state index is 12.2. The normalized spacial score (nSPS) is 11.5. The summed E-state index contributed by atoms with van der Waals surface area (Å²) in [7, 11) is -3.77. The zero-order chi connectivity index (χ0) is 15.6. The van der Waals surface area contributed by atoms with Gasteiger partial charge < -0.3 is 5.11 Å². The number of thiazole rings is 1. The Morgan fingerprint density at radius 2 is 2.10 bits per heavy atom. The minimum absolute atomic E-state index is 0.0256. The number of nitrogens with zero attached hydrogens (tertiary/aromatic N) is 1. The van der Waals surface area contributed by atoms with Crippen LogP contribution in [0.25, 0.3) is 0 Å². The molecule has 1 heterocycles. The first kappa shape index (κ1) is 15.6. The molecule has 112 valence electrons. The molecule has 0 unspecified atom stereocenters. The van der Waals surface area contributed by atoms with Crippen molar-refractivity contribution in [2.75, 3.05) is 0 Å². The molecule has 8 heteroatoms. The molecule has 21 heavy (non-hydrogen) atoms. The van der Waals surface area contributed by atoms with Gasteiger partial charge in [0.25, 0.3) is 0 Å². The van der Waals surface area contributed by atoms with Crippen LogP contribution in [-0.2, 0) is 16.6 Å². The molecule has 0 bridgehead atoms. The van der Waals surface area contributed by atoms with Gasteiger partial charge in [-0.15, -0.1) is 11.3 Å². The zero-order valence-electron chi connectivity index (χ0n) is 11.5. The Morgan fingerprint density at radius 1 is 1.38 bits per heavy atom. The van der Waals surface area contributed by atoms with Crippen LogP contribution in [0.1, 0.15) is 26.6 Å². The predicted octanol–water partition coefficient (Wildman–Crippen LogP) is 1.94. The molecular weight excluding hydrogens is 312 g/mol. The van der Waals surface area contributed by atoms with Crippen LogP contribution < -0.4 is 4.72 Å². The molecule has 0 radical (unpaired) electrons. The van der Waals surface area contributed by atoms with Crippen LogP contribution in [0.15, 0.2) is 28.5 Å². The van der Waals surface area contributed by atoms with Crippen LogP contribution in [-0.4, -0.2) is 24.5 Å². The van der Waals surface area contributed by atoms with E-state index in [1.807, 2.05) is 6.92 Å². The fourth-order valence-corrected chi connectivity index (χ4v) is 3.38. The molecule has 0 saturated heterocycles. The average Bonchev–Trinajstić information content (AvgIpc) is 2.82. The van der Waals surface area contributed by atoms with Gasteiger partial charge in [0.05, 0.1) is 27.7 Å². The zero-order valence-corrected chi connectivity index (χ0v) is 13.1. The van der Waals surface area contributed by atoms with Crippen LogP contribution in [0.2, 0.25) is 0 Å². The molecule has 2 rings (SSSR count). The summed E-state index contributed by atoms with van der Waals surface area (Å²) in [6.07, 6.45) is 0. The lowest BCUT2D eigenvalue weighted by molar-refractivity contribution is 0.0696. The fourth-order valence-electron chi connectivity index (χ4n) is 1.74. The van der Waals surface area contributed by atoms with E-state index in [1.165, 1.54) is 23.5 Å². The predicted molar refractivity (Wildman–Crippen MR) is 79.0 cm³/mol. The smallest absolute Gasteiger partial charge is 0.335 e. The Balaban J connectivity index is 2.23. The van der Waals surface area contributed by atoms with Crippen LogP contribution in [0.5, 0.6) is 0 Å². The molecule has 0 atom stereocenters. The van der Waals surface area contributed by atoms with Crippen molar-refractivity contribution in [1.29, 1.82) is 0 Å². The molecule has 1 aromatic carbocycles. The first-order valence-corrected chi connectivity index (χ1v) is 8.40. The number of hydrogen-bond acceptors (Lipinski definition) is 5. The highest BCUT2D eigenvalue weighted by molar-refractivity contribution is 7.89. The number of benzene rings is 1. The molecule has 0 aliphatic heterocycles. The second-order valence-electron chi connectivity index (χ2n) is 4.46. The van der Waals surface area contributed by atoms with Gasteiger partial charge in [-0.25, -0.2) is 22.9 Å². The second kappa shape index (κ2) is 5.92. The van der Waals surface area contributed by atoms with Crippen molar-refractivity contribution in [3.05, 3.63) is 45.4 Å². The minimum atomic E-state index is -3.77.